The molecular weight excluding hydrogens is 448 g/mol. The summed E-state index contributed by atoms with van der Waals surface area (Å²) >= 11 is 3.24. The van der Waals surface area contributed by atoms with Gasteiger partial charge in [0, 0.05) is 10.2 Å². The minimum atomic E-state index is -4.07. The highest BCUT2D eigenvalue weighted by molar-refractivity contribution is 9.10. The van der Waals surface area contributed by atoms with Crippen molar-refractivity contribution in [1.82, 2.24) is 19.8 Å². The van der Waals surface area contributed by atoms with E-state index < -0.39 is 15.9 Å². The van der Waals surface area contributed by atoms with Crippen LogP contribution in [-0.2, 0) is 10.0 Å². The smallest absolute Gasteiger partial charge is 0.284 e. The maximum Gasteiger partial charge on any atom is 0.284 e. The molecule has 1 aromatic heterocycles. The van der Waals surface area contributed by atoms with Gasteiger partial charge < -0.3 is 4.74 Å². The van der Waals surface area contributed by atoms with Gasteiger partial charge in [-0.15, -0.1) is 4.83 Å². The number of carbonyl (C=O) groups excluding carboxylic acids is 1. The number of nitrogens with zero attached hydrogens (tertiary/aromatic N) is 2. The molecule has 146 valence electrons. The van der Waals surface area contributed by atoms with Crippen LogP contribution in [0, 0.1) is 0 Å². The summed E-state index contributed by atoms with van der Waals surface area (Å²) in [7, 11) is -4.07. The van der Waals surface area contributed by atoms with Crippen LogP contribution < -0.4 is 15.0 Å². The van der Waals surface area contributed by atoms with Gasteiger partial charge in [0.2, 0.25) is 0 Å². The largest absolute Gasteiger partial charge is 0.492 e. The van der Waals surface area contributed by atoms with E-state index in [1.54, 1.807) is 29.7 Å². The average molecular weight is 465 g/mol. The first kappa shape index (κ1) is 20.1. The number of para-hydroxylation sites is 1. The van der Waals surface area contributed by atoms with E-state index >= 15 is 0 Å². The predicted octanol–water partition coefficient (Wildman–Crippen LogP) is 2.66. The van der Waals surface area contributed by atoms with E-state index in [1.807, 2.05) is 18.2 Å². The van der Waals surface area contributed by atoms with Crippen LogP contribution in [0.2, 0.25) is 0 Å². The van der Waals surface area contributed by atoms with Crippen LogP contribution in [-0.4, -0.2) is 30.5 Å². The van der Waals surface area contributed by atoms with E-state index in [9.17, 15) is 13.2 Å². The fourth-order valence-electron chi connectivity index (χ4n) is 2.46. The lowest BCUT2D eigenvalue weighted by atomic mass is 10.3. The standard InChI is InChI=1S/C18H17BrN4O4S/c1-2-27-16-9-8-13(19)10-17(16)28(25,26)22-21-18(24)15-11-20-12-23(15)14-6-4-3-5-7-14/h3-12,22H,2H2,1H3,(H,21,24). The number of aromatic nitrogens is 2. The summed E-state index contributed by atoms with van der Waals surface area (Å²) in [6.07, 6.45) is 2.82. The van der Waals surface area contributed by atoms with Crippen molar-refractivity contribution in [2.45, 2.75) is 11.8 Å². The molecule has 28 heavy (non-hydrogen) atoms. The van der Waals surface area contributed by atoms with Crippen LogP contribution in [0.3, 0.4) is 0 Å². The summed E-state index contributed by atoms with van der Waals surface area (Å²) in [5.74, 6) is -0.473. The molecule has 0 radical (unpaired) electrons. The lowest BCUT2D eigenvalue weighted by Gasteiger charge is -2.13. The molecule has 0 unspecified atom stereocenters. The highest BCUT2D eigenvalue weighted by Crippen LogP contribution is 2.27. The maximum absolute atomic E-state index is 12.7. The maximum atomic E-state index is 12.7. The molecule has 3 rings (SSSR count). The summed E-state index contributed by atoms with van der Waals surface area (Å²) in [5, 5.41) is 0. The fraction of sp³-hybridized carbons (Fsp3) is 0.111. The zero-order chi connectivity index (χ0) is 20.1. The van der Waals surface area contributed by atoms with Crippen molar-refractivity contribution in [2.24, 2.45) is 0 Å². The first-order valence-electron chi connectivity index (χ1n) is 8.24. The highest BCUT2D eigenvalue weighted by Gasteiger charge is 2.22. The van der Waals surface area contributed by atoms with E-state index in [2.05, 4.69) is 31.2 Å². The number of hydrogen-bond donors (Lipinski definition) is 2. The molecule has 1 amide bonds. The Kier molecular flexibility index (Phi) is 6.12. The van der Waals surface area contributed by atoms with E-state index in [4.69, 9.17) is 4.74 Å². The van der Waals surface area contributed by atoms with Gasteiger partial charge in [-0.1, -0.05) is 34.1 Å². The lowest BCUT2D eigenvalue weighted by Crippen LogP contribution is -2.42. The van der Waals surface area contributed by atoms with E-state index in [0.717, 1.165) is 5.69 Å². The first-order valence-corrected chi connectivity index (χ1v) is 10.5. The van der Waals surface area contributed by atoms with Crippen LogP contribution in [0.1, 0.15) is 17.4 Å². The second kappa shape index (κ2) is 8.55. The zero-order valence-corrected chi connectivity index (χ0v) is 17.2. The summed E-state index contributed by atoms with van der Waals surface area (Å²) in [6.45, 7) is 2.05. The molecule has 0 saturated heterocycles. The Bertz CT molecular complexity index is 1080. The third kappa shape index (κ3) is 4.41. The van der Waals surface area contributed by atoms with Crippen LogP contribution in [0.15, 0.2) is 70.4 Å². The molecule has 8 nitrogen and oxygen atoms in total. The topological polar surface area (TPSA) is 102 Å². The number of benzene rings is 2. The number of amides is 1. The number of sulfonamides is 1. The monoisotopic (exact) mass is 464 g/mol. The van der Waals surface area contributed by atoms with Crippen molar-refractivity contribution in [1.29, 1.82) is 0 Å². The molecule has 0 bridgehead atoms. The van der Waals surface area contributed by atoms with E-state index in [-0.39, 0.29) is 16.3 Å². The number of ether oxygens (including phenoxy) is 1. The van der Waals surface area contributed by atoms with Crippen molar-refractivity contribution < 1.29 is 17.9 Å². The van der Waals surface area contributed by atoms with Crippen LogP contribution in [0.5, 0.6) is 5.75 Å². The van der Waals surface area contributed by atoms with Gasteiger partial charge in [0.05, 0.1) is 19.1 Å². The Balaban J connectivity index is 1.81. The third-order valence-electron chi connectivity index (χ3n) is 3.70. The normalized spacial score (nSPS) is 11.2. The van der Waals surface area contributed by atoms with Gasteiger partial charge in [0.1, 0.15) is 16.3 Å². The molecule has 2 N–H and O–H groups in total. The van der Waals surface area contributed by atoms with Crippen LogP contribution in [0.25, 0.3) is 5.69 Å². The molecule has 0 aliphatic carbocycles. The lowest BCUT2D eigenvalue weighted by molar-refractivity contribution is 0.0938. The second-order valence-corrected chi connectivity index (χ2v) is 8.13. The Morgan fingerprint density at radius 3 is 2.68 bits per heavy atom. The van der Waals surface area contributed by atoms with Crippen molar-refractivity contribution in [3.8, 4) is 11.4 Å². The van der Waals surface area contributed by atoms with Crippen molar-refractivity contribution in [3.05, 3.63) is 71.2 Å². The first-order chi connectivity index (χ1) is 13.4. The molecule has 0 atom stereocenters. The Labute approximate surface area is 170 Å². The molecule has 0 spiro atoms. The Morgan fingerprint density at radius 2 is 1.96 bits per heavy atom. The molecule has 1 heterocycles. The summed E-state index contributed by atoms with van der Waals surface area (Å²) < 4.78 is 32.8. The third-order valence-corrected chi connectivity index (χ3v) is 5.46. The van der Waals surface area contributed by atoms with Crippen LogP contribution in [0.4, 0.5) is 0 Å². The molecule has 0 aliphatic heterocycles. The fourth-order valence-corrected chi connectivity index (χ4v) is 3.98. The van der Waals surface area contributed by atoms with Gasteiger partial charge in [0.15, 0.2) is 0 Å². The van der Waals surface area contributed by atoms with Gasteiger partial charge in [-0.05, 0) is 37.3 Å². The number of hydrazine groups is 1. The number of rotatable bonds is 7. The molecular formula is C18H17BrN4O4S. The van der Waals surface area contributed by atoms with E-state index in [1.165, 1.54) is 24.7 Å². The summed E-state index contributed by atoms with van der Waals surface area (Å²) in [4.78, 5) is 18.5. The van der Waals surface area contributed by atoms with E-state index in [0.29, 0.717) is 11.1 Å². The van der Waals surface area contributed by atoms with Gasteiger partial charge in [-0.25, -0.2) is 13.4 Å². The van der Waals surface area contributed by atoms with Gasteiger partial charge in [-0.2, -0.15) is 0 Å². The van der Waals surface area contributed by atoms with Gasteiger partial charge >= 0.3 is 0 Å². The molecule has 3 aromatic rings. The zero-order valence-electron chi connectivity index (χ0n) is 14.8. The summed E-state index contributed by atoms with van der Waals surface area (Å²) in [6, 6.07) is 13.7. The Morgan fingerprint density at radius 1 is 1.21 bits per heavy atom. The second-order valence-electron chi connectivity index (χ2n) is 5.57. The van der Waals surface area contributed by atoms with Crippen molar-refractivity contribution in [2.75, 3.05) is 6.61 Å². The molecule has 10 heteroatoms. The summed E-state index contributed by atoms with van der Waals surface area (Å²) in [5.41, 5.74) is 3.11. The van der Waals surface area contributed by atoms with Crippen molar-refractivity contribution >= 4 is 31.9 Å². The molecule has 2 aromatic carbocycles. The van der Waals surface area contributed by atoms with Crippen molar-refractivity contribution in [3.63, 3.8) is 0 Å². The quantitative estimate of drug-likeness (QED) is 0.523. The minimum Gasteiger partial charge on any atom is -0.492 e. The number of halogens is 1. The van der Waals surface area contributed by atoms with Gasteiger partial charge in [0.25, 0.3) is 15.9 Å². The molecule has 0 aliphatic rings. The SMILES string of the molecule is CCOc1ccc(Br)cc1S(=O)(=O)NNC(=O)c1cncn1-c1ccccc1. The number of carbonyl (C=O) groups is 1. The number of nitrogens with one attached hydrogen (secondary N) is 2. The number of imidazole rings is 1. The number of hydrogen-bond acceptors (Lipinski definition) is 5. The van der Waals surface area contributed by atoms with Gasteiger partial charge in [-0.3, -0.25) is 14.8 Å². The average Bonchev–Trinajstić information content (AvgIpc) is 3.18. The highest BCUT2D eigenvalue weighted by atomic mass is 79.9. The minimum absolute atomic E-state index is 0.0967. The Hall–Kier alpha value is -2.69. The molecule has 0 saturated carbocycles. The molecule has 0 fully saturated rings. The predicted molar refractivity (Wildman–Crippen MR) is 107 cm³/mol. The van der Waals surface area contributed by atoms with Crippen LogP contribution >= 0.6 is 15.9 Å².